The minimum Gasteiger partial charge on any atom is -0.353 e. The van der Waals surface area contributed by atoms with Crippen molar-refractivity contribution in [2.24, 2.45) is 0 Å². The van der Waals surface area contributed by atoms with Gasteiger partial charge in [0, 0.05) is 32.7 Å². The summed E-state index contributed by atoms with van der Waals surface area (Å²) in [6.45, 7) is 3.75. The number of alkyl halides is 1. The molecule has 1 saturated heterocycles. The van der Waals surface area contributed by atoms with Gasteiger partial charge < -0.3 is 4.90 Å². The Bertz CT molecular complexity index is 976. The van der Waals surface area contributed by atoms with Crippen LogP contribution in [0.4, 0.5) is 10.2 Å². The summed E-state index contributed by atoms with van der Waals surface area (Å²) >= 11 is 0. The van der Waals surface area contributed by atoms with E-state index < -0.39 is 6.67 Å². The number of aromatic nitrogens is 4. The molecule has 4 rings (SSSR count). The molecular weight excluding hydrogens is 359 g/mol. The van der Waals surface area contributed by atoms with E-state index in [4.69, 9.17) is 0 Å². The van der Waals surface area contributed by atoms with Gasteiger partial charge in [0.05, 0.1) is 0 Å². The molecule has 0 N–H and O–H groups in total. The molecule has 0 atom stereocenters. The van der Waals surface area contributed by atoms with Gasteiger partial charge in [-0.3, -0.25) is 9.69 Å². The van der Waals surface area contributed by atoms with Crippen LogP contribution in [0.15, 0.2) is 42.5 Å². The Labute approximate surface area is 162 Å². The number of halogens is 1. The number of fused-ring (bicyclic) bond motifs is 1. The Morgan fingerprint density at radius 1 is 1.00 bits per heavy atom. The summed E-state index contributed by atoms with van der Waals surface area (Å²) in [7, 11) is 0. The number of anilines is 1. The van der Waals surface area contributed by atoms with Crippen LogP contribution in [0.3, 0.4) is 0 Å². The van der Waals surface area contributed by atoms with Gasteiger partial charge in [-0.15, -0.1) is 15.3 Å². The van der Waals surface area contributed by atoms with E-state index in [0.717, 1.165) is 50.4 Å². The van der Waals surface area contributed by atoms with E-state index in [9.17, 15) is 9.18 Å². The first-order chi connectivity index (χ1) is 13.8. The number of piperazine rings is 1. The van der Waals surface area contributed by atoms with Gasteiger partial charge in [-0.25, -0.2) is 4.39 Å². The van der Waals surface area contributed by atoms with Crippen LogP contribution in [0.1, 0.15) is 17.0 Å². The summed E-state index contributed by atoms with van der Waals surface area (Å²) < 4.78 is 14.5. The number of hydrogen-bond acceptors (Lipinski definition) is 6. The lowest BCUT2D eigenvalue weighted by Crippen LogP contribution is -2.46. The second kappa shape index (κ2) is 8.26. The maximum Gasteiger partial charge on any atom is 0.185 e. The van der Waals surface area contributed by atoms with Crippen LogP contribution in [-0.4, -0.2) is 57.2 Å². The fourth-order valence-electron chi connectivity index (χ4n) is 3.35. The van der Waals surface area contributed by atoms with Gasteiger partial charge in [0.1, 0.15) is 12.1 Å². The van der Waals surface area contributed by atoms with Gasteiger partial charge >= 0.3 is 0 Å². The van der Waals surface area contributed by atoms with Crippen molar-refractivity contribution in [3.8, 4) is 0 Å². The van der Waals surface area contributed by atoms with E-state index in [1.807, 2.05) is 24.3 Å². The van der Waals surface area contributed by atoms with Crippen LogP contribution in [-0.2, 0) is 18.0 Å². The molecule has 28 heavy (non-hydrogen) atoms. The van der Waals surface area contributed by atoms with E-state index in [2.05, 4.69) is 37.2 Å². The summed E-state index contributed by atoms with van der Waals surface area (Å²) in [5, 5.41) is 12.2. The molecule has 0 saturated carbocycles. The standard InChI is InChI=1S/C20H21FN6O/c21-14-20-23-22-18-7-8-19(24-27(18)20)26-11-9-25(10-12-26)15-17-5-3-16(4-6-17)2-1-13-28/h1-8,13H,9-12,14-15H2/b2-1+. The third kappa shape index (κ3) is 3.91. The largest absolute Gasteiger partial charge is 0.353 e. The zero-order valence-electron chi connectivity index (χ0n) is 15.4. The minimum atomic E-state index is -0.685. The average molecular weight is 380 g/mol. The summed E-state index contributed by atoms with van der Waals surface area (Å²) in [6.07, 6.45) is 4.07. The third-order valence-electron chi connectivity index (χ3n) is 4.88. The van der Waals surface area contributed by atoms with Crippen molar-refractivity contribution in [3.05, 3.63) is 59.4 Å². The maximum atomic E-state index is 13.0. The van der Waals surface area contributed by atoms with Crippen LogP contribution in [0.5, 0.6) is 0 Å². The molecule has 0 aliphatic carbocycles. The Hall–Kier alpha value is -3.13. The van der Waals surface area contributed by atoms with E-state index in [-0.39, 0.29) is 5.82 Å². The first-order valence-electron chi connectivity index (χ1n) is 9.22. The van der Waals surface area contributed by atoms with Gasteiger partial charge in [-0.2, -0.15) is 4.52 Å². The molecule has 2 aromatic heterocycles. The van der Waals surface area contributed by atoms with Gasteiger partial charge in [-0.05, 0) is 29.3 Å². The summed E-state index contributed by atoms with van der Waals surface area (Å²) in [5.74, 6) is 1.04. The van der Waals surface area contributed by atoms with Gasteiger partial charge in [0.2, 0.25) is 0 Å². The fraction of sp³-hybridized carbons (Fsp3) is 0.300. The van der Waals surface area contributed by atoms with Crippen LogP contribution < -0.4 is 4.90 Å². The van der Waals surface area contributed by atoms with Crippen LogP contribution in [0.25, 0.3) is 11.7 Å². The van der Waals surface area contributed by atoms with Crippen molar-refractivity contribution >= 4 is 23.8 Å². The molecule has 1 aromatic carbocycles. The van der Waals surface area contributed by atoms with Crippen molar-refractivity contribution in [1.82, 2.24) is 24.7 Å². The number of carbonyl (C=O) groups is 1. The van der Waals surface area contributed by atoms with E-state index in [1.165, 1.54) is 16.2 Å². The lowest BCUT2D eigenvalue weighted by molar-refractivity contribution is -0.104. The molecule has 0 amide bonds. The SMILES string of the molecule is O=C/C=C/c1ccc(CN2CCN(c3ccc4nnc(CF)n4n3)CC2)cc1. The quantitative estimate of drug-likeness (QED) is 0.482. The lowest BCUT2D eigenvalue weighted by Gasteiger charge is -2.35. The van der Waals surface area contributed by atoms with Gasteiger partial charge in [-0.1, -0.05) is 30.3 Å². The maximum absolute atomic E-state index is 13.0. The molecule has 0 unspecified atom stereocenters. The monoisotopic (exact) mass is 380 g/mol. The Morgan fingerprint density at radius 3 is 2.50 bits per heavy atom. The summed E-state index contributed by atoms with van der Waals surface area (Å²) in [4.78, 5) is 15.0. The summed E-state index contributed by atoms with van der Waals surface area (Å²) in [5.41, 5.74) is 2.82. The minimum absolute atomic E-state index is 0.224. The average Bonchev–Trinajstić information content (AvgIpc) is 3.16. The molecule has 0 radical (unpaired) electrons. The molecule has 0 bridgehead atoms. The third-order valence-corrected chi connectivity index (χ3v) is 4.88. The van der Waals surface area contributed by atoms with Gasteiger partial charge in [0.25, 0.3) is 0 Å². The normalized spacial score (nSPS) is 15.5. The molecular formula is C20H21FN6O. The number of allylic oxidation sites excluding steroid dienone is 1. The smallest absolute Gasteiger partial charge is 0.185 e. The van der Waals surface area contributed by atoms with E-state index >= 15 is 0 Å². The van der Waals surface area contributed by atoms with Crippen molar-refractivity contribution in [2.45, 2.75) is 13.2 Å². The van der Waals surface area contributed by atoms with E-state index in [1.54, 1.807) is 6.08 Å². The number of benzene rings is 1. The second-order valence-electron chi connectivity index (χ2n) is 6.71. The predicted octanol–water partition coefficient (Wildman–Crippen LogP) is 2.13. The molecule has 7 nitrogen and oxygen atoms in total. The first kappa shape index (κ1) is 18.2. The fourth-order valence-corrected chi connectivity index (χ4v) is 3.35. The topological polar surface area (TPSA) is 66.6 Å². The van der Waals surface area contributed by atoms with Crippen molar-refractivity contribution in [1.29, 1.82) is 0 Å². The molecule has 144 valence electrons. The number of rotatable bonds is 6. The highest BCUT2D eigenvalue weighted by Gasteiger charge is 2.19. The molecule has 1 aliphatic rings. The molecule has 3 heterocycles. The Kier molecular flexibility index (Phi) is 5.38. The number of nitrogens with zero attached hydrogens (tertiary/aromatic N) is 6. The number of aldehydes is 1. The van der Waals surface area contributed by atoms with Crippen LogP contribution >= 0.6 is 0 Å². The van der Waals surface area contributed by atoms with E-state index in [0.29, 0.717) is 5.65 Å². The van der Waals surface area contributed by atoms with Gasteiger partial charge in [0.15, 0.2) is 18.1 Å². The molecule has 1 fully saturated rings. The number of hydrogen-bond donors (Lipinski definition) is 0. The van der Waals surface area contributed by atoms with Crippen LogP contribution in [0.2, 0.25) is 0 Å². The van der Waals surface area contributed by atoms with Crippen molar-refractivity contribution in [2.75, 3.05) is 31.1 Å². The molecule has 3 aromatic rings. The zero-order valence-corrected chi connectivity index (χ0v) is 15.4. The summed E-state index contributed by atoms with van der Waals surface area (Å²) in [6, 6.07) is 12.0. The second-order valence-corrected chi connectivity index (χ2v) is 6.71. The molecule has 1 aliphatic heterocycles. The Morgan fingerprint density at radius 2 is 1.79 bits per heavy atom. The molecule has 0 spiro atoms. The van der Waals surface area contributed by atoms with Crippen molar-refractivity contribution in [3.63, 3.8) is 0 Å². The highest BCUT2D eigenvalue weighted by atomic mass is 19.1. The zero-order chi connectivity index (χ0) is 19.3. The predicted molar refractivity (Wildman–Crippen MR) is 105 cm³/mol. The lowest BCUT2D eigenvalue weighted by atomic mass is 10.1. The molecule has 8 heteroatoms. The first-order valence-corrected chi connectivity index (χ1v) is 9.22. The number of carbonyl (C=O) groups excluding carboxylic acids is 1. The van der Waals surface area contributed by atoms with Crippen LogP contribution in [0, 0.1) is 0 Å². The van der Waals surface area contributed by atoms with Crippen molar-refractivity contribution < 1.29 is 9.18 Å². The Balaban J connectivity index is 1.36. The highest BCUT2D eigenvalue weighted by molar-refractivity contribution is 5.73. The highest BCUT2D eigenvalue weighted by Crippen LogP contribution is 2.17.